The van der Waals surface area contributed by atoms with E-state index in [-0.39, 0.29) is 24.5 Å². The lowest BCUT2D eigenvalue weighted by Crippen LogP contribution is -2.46. The maximum atomic E-state index is 11.6. The molecule has 1 fully saturated rings. The lowest BCUT2D eigenvalue weighted by molar-refractivity contribution is -0.149. The third-order valence-electron chi connectivity index (χ3n) is 4.59. The average molecular weight is 397 g/mol. The summed E-state index contributed by atoms with van der Waals surface area (Å²) >= 11 is 0. The molecule has 8 nitrogen and oxygen atoms in total. The van der Waals surface area contributed by atoms with Crippen molar-refractivity contribution < 1.29 is 14.3 Å². The second-order valence-electron chi connectivity index (χ2n) is 7.11. The minimum absolute atomic E-state index is 0.0260. The number of rotatable bonds is 7. The van der Waals surface area contributed by atoms with E-state index in [1.807, 2.05) is 50.2 Å². The van der Waals surface area contributed by atoms with Crippen LogP contribution in [0.15, 0.2) is 42.6 Å². The molecule has 0 unspecified atom stereocenters. The van der Waals surface area contributed by atoms with E-state index in [1.165, 1.54) is 0 Å². The van der Waals surface area contributed by atoms with Gasteiger partial charge in [-0.1, -0.05) is 0 Å². The molecule has 0 amide bonds. The normalized spacial score (nSPS) is 14.0. The van der Waals surface area contributed by atoms with Gasteiger partial charge in [0.15, 0.2) is 6.61 Å². The minimum Gasteiger partial charge on any atom is -0.482 e. The van der Waals surface area contributed by atoms with Crippen molar-refractivity contribution in [1.29, 1.82) is 5.41 Å². The molecule has 0 atom stereocenters. The molecule has 1 aliphatic rings. The van der Waals surface area contributed by atoms with Crippen molar-refractivity contribution in [3.63, 3.8) is 0 Å². The van der Waals surface area contributed by atoms with Crippen LogP contribution in [0.2, 0.25) is 0 Å². The number of amidine groups is 1. The smallest absolute Gasteiger partial charge is 0.344 e. The zero-order valence-corrected chi connectivity index (χ0v) is 16.8. The fourth-order valence-electron chi connectivity index (χ4n) is 3.12. The highest BCUT2D eigenvalue weighted by molar-refractivity contribution is 5.94. The van der Waals surface area contributed by atoms with E-state index in [2.05, 4.69) is 14.8 Å². The first kappa shape index (κ1) is 20.4. The number of hydrogen-bond acceptors (Lipinski definition) is 7. The van der Waals surface area contributed by atoms with Gasteiger partial charge < -0.3 is 25.0 Å². The Labute approximate surface area is 170 Å². The molecular formula is C21H27N5O3. The topological polar surface area (TPSA) is 105 Å². The fraction of sp³-hybridized carbons (Fsp3) is 0.381. The molecule has 3 N–H and O–H groups in total. The van der Waals surface area contributed by atoms with E-state index < -0.39 is 0 Å². The molecule has 29 heavy (non-hydrogen) atoms. The maximum absolute atomic E-state index is 11.6. The van der Waals surface area contributed by atoms with Gasteiger partial charge in [0.2, 0.25) is 0 Å². The van der Waals surface area contributed by atoms with E-state index in [0.29, 0.717) is 11.3 Å². The molecule has 0 aliphatic carbocycles. The Kier molecular flexibility index (Phi) is 6.54. The second-order valence-corrected chi connectivity index (χ2v) is 7.11. The number of carbonyl (C=O) groups excluding carboxylic acids is 1. The van der Waals surface area contributed by atoms with Gasteiger partial charge in [0.25, 0.3) is 0 Å². The Morgan fingerprint density at radius 1 is 1.10 bits per heavy atom. The van der Waals surface area contributed by atoms with Gasteiger partial charge in [0.1, 0.15) is 17.4 Å². The highest BCUT2D eigenvalue weighted by atomic mass is 16.6. The van der Waals surface area contributed by atoms with Crippen LogP contribution in [-0.2, 0) is 9.53 Å². The first-order chi connectivity index (χ1) is 13.9. The maximum Gasteiger partial charge on any atom is 0.344 e. The van der Waals surface area contributed by atoms with Gasteiger partial charge >= 0.3 is 5.97 Å². The first-order valence-electron chi connectivity index (χ1n) is 9.65. The van der Waals surface area contributed by atoms with E-state index in [9.17, 15) is 4.79 Å². The summed E-state index contributed by atoms with van der Waals surface area (Å²) in [5.41, 5.74) is 7.22. The summed E-state index contributed by atoms with van der Waals surface area (Å²) in [5, 5.41) is 7.45. The van der Waals surface area contributed by atoms with Crippen LogP contribution in [0.25, 0.3) is 0 Å². The van der Waals surface area contributed by atoms with Gasteiger partial charge in [0, 0.05) is 43.6 Å². The van der Waals surface area contributed by atoms with Crippen molar-refractivity contribution in [3.8, 4) is 5.75 Å². The zero-order chi connectivity index (χ0) is 20.8. The van der Waals surface area contributed by atoms with Gasteiger partial charge in [-0.25, -0.2) is 9.78 Å². The highest BCUT2D eigenvalue weighted by Gasteiger charge is 2.18. The zero-order valence-electron chi connectivity index (χ0n) is 16.8. The Morgan fingerprint density at radius 2 is 1.76 bits per heavy atom. The number of nitrogens with zero attached hydrogens (tertiary/aromatic N) is 3. The number of ether oxygens (including phenoxy) is 2. The van der Waals surface area contributed by atoms with Crippen LogP contribution in [0.1, 0.15) is 19.4 Å². The third-order valence-corrected chi connectivity index (χ3v) is 4.59. The van der Waals surface area contributed by atoms with Gasteiger partial charge in [-0.15, -0.1) is 0 Å². The van der Waals surface area contributed by atoms with Crippen molar-refractivity contribution in [2.45, 2.75) is 20.0 Å². The molecule has 8 heteroatoms. The molecule has 1 aliphatic heterocycles. The van der Waals surface area contributed by atoms with Gasteiger partial charge in [0.05, 0.1) is 6.10 Å². The molecule has 3 rings (SSSR count). The molecule has 1 saturated heterocycles. The Morgan fingerprint density at radius 3 is 2.31 bits per heavy atom. The summed E-state index contributed by atoms with van der Waals surface area (Å²) < 4.78 is 10.5. The third kappa shape index (κ3) is 5.60. The summed E-state index contributed by atoms with van der Waals surface area (Å²) in [4.78, 5) is 20.5. The summed E-state index contributed by atoms with van der Waals surface area (Å²) in [5.74, 6) is 1.19. The van der Waals surface area contributed by atoms with Gasteiger partial charge in [-0.05, 0) is 50.2 Å². The number of esters is 1. The van der Waals surface area contributed by atoms with Crippen LogP contribution in [0, 0.1) is 5.41 Å². The van der Waals surface area contributed by atoms with Crippen LogP contribution in [-0.4, -0.2) is 55.7 Å². The van der Waals surface area contributed by atoms with E-state index in [1.54, 1.807) is 6.20 Å². The highest BCUT2D eigenvalue weighted by Crippen LogP contribution is 2.22. The van der Waals surface area contributed by atoms with Crippen LogP contribution >= 0.6 is 0 Å². The molecule has 2 aromatic rings. The molecule has 0 radical (unpaired) electrons. The molecule has 1 aromatic heterocycles. The van der Waals surface area contributed by atoms with E-state index in [0.717, 1.165) is 37.7 Å². The predicted octanol–water partition coefficient (Wildman–Crippen LogP) is 2.02. The summed E-state index contributed by atoms with van der Waals surface area (Å²) in [6, 6.07) is 11.5. The summed E-state index contributed by atoms with van der Waals surface area (Å²) in [6.45, 7) is 6.98. The van der Waals surface area contributed by atoms with Crippen LogP contribution in [0.4, 0.5) is 11.5 Å². The average Bonchev–Trinajstić information content (AvgIpc) is 2.72. The number of piperazine rings is 1. The monoisotopic (exact) mass is 397 g/mol. The largest absolute Gasteiger partial charge is 0.482 e. The number of nitrogens with two attached hydrogens (primary N) is 1. The van der Waals surface area contributed by atoms with E-state index >= 15 is 0 Å². The number of carbonyl (C=O) groups is 1. The SMILES string of the molecule is CC(C)OC(=O)COc1ccc(N2CCN(c3ccc(C(=N)N)cn3)CC2)cc1. The lowest BCUT2D eigenvalue weighted by Gasteiger charge is -2.36. The van der Waals surface area contributed by atoms with Gasteiger partial charge in [-0.2, -0.15) is 0 Å². The van der Waals surface area contributed by atoms with Crippen molar-refractivity contribution in [1.82, 2.24) is 4.98 Å². The number of nitrogens with one attached hydrogen (secondary N) is 1. The Hall–Kier alpha value is -3.29. The molecule has 154 valence electrons. The van der Waals surface area contributed by atoms with Crippen LogP contribution < -0.4 is 20.3 Å². The molecule has 0 bridgehead atoms. The number of anilines is 2. The predicted molar refractivity (Wildman–Crippen MR) is 113 cm³/mol. The number of hydrogen-bond donors (Lipinski definition) is 2. The second kappa shape index (κ2) is 9.27. The minimum atomic E-state index is -0.370. The van der Waals surface area contributed by atoms with Crippen molar-refractivity contribution in [2.24, 2.45) is 5.73 Å². The number of nitrogen functional groups attached to an aromatic ring is 1. The van der Waals surface area contributed by atoms with Crippen molar-refractivity contribution in [3.05, 3.63) is 48.2 Å². The van der Waals surface area contributed by atoms with Gasteiger partial charge in [-0.3, -0.25) is 5.41 Å². The molecule has 1 aromatic carbocycles. The molecule has 0 saturated carbocycles. The van der Waals surface area contributed by atoms with Crippen molar-refractivity contribution >= 4 is 23.3 Å². The summed E-state index contributed by atoms with van der Waals surface area (Å²) in [6.07, 6.45) is 1.49. The van der Waals surface area contributed by atoms with Crippen molar-refractivity contribution in [2.75, 3.05) is 42.6 Å². The Balaban J connectivity index is 1.50. The van der Waals surface area contributed by atoms with E-state index in [4.69, 9.17) is 20.6 Å². The fourth-order valence-corrected chi connectivity index (χ4v) is 3.12. The quantitative estimate of drug-likeness (QED) is 0.418. The number of benzene rings is 1. The lowest BCUT2D eigenvalue weighted by atomic mass is 10.2. The number of aromatic nitrogens is 1. The molecule has 2 heterocycles. The first-order valence-corrected chi connectivity index (χ1v) is 9.65. The summed E-state index contributed by atoms with van der Waals surface area (Å²) in [7, 11) is 0. The molecule has 0 spiro atoms. The number of pyridine rings is 1. The Bertz CT molecular complexity index is 828. The van der Waals surface area contributed by atoms with Crippen LogP contribution in [0.5, 0.6) is 5.75 Å². The van der Waals surface area contributed by atoms with Crippen LogP contribution in [0.3, 0.4) is 0 Å². The standard InChI is InChI=1S/C21H27N5O3/c1-15(2)29-20(27)14-28-18-6-4-17(5-7-18)25-9-11-26(12-10-25)19-8-3-16(13-24-19)21(22)23/h3-8,13,15H,9-12,14H2,1-2H3,(H3,22,23). The molecular weight excluding hydrogens is 370 g/mol.